The van der Waals surface area contributed by atoms with Crippen molar-refractivity contribution in [3.63, 3.8) is 0 Å². The molecule has 0 aliphatic carbocycles. The van der Waals surface area contributed by atoms with Crippen molar-refractivity contribution in [3.8, 4) is 29.4 Å². The first-order chi connectivity index (χ1) is 16.5. The van der Waals surface area contributed by atoms with Crippen molar-refractivity contribution in [1.82, 2.24) is 4.98 Å². The molecule has 0 aliphatic rings. The van der Waals surface area contributed by atoms with Crippen LogP contribution in [0.3, 0.4) is 0 Å². The minimum atomic E-state index is -0.415. The molecule has 0 radical (unpaired) electrons. The number of hydrogen-bond donors (Lipinski definition) is 3. The Kier molecular flexibility index (Phi) is 6.89. The predicted octanol–water partition coefficient (Wildman–Crippen LogP) is 6.55. The molecule has 34 heavy (non-hydrogen) atoms. The van der Waals surface area contributed by atoms with Crippen LogP contribution in [0.15, 0.2) is 71.8 Å². The van der Waals surface area contributed by atoms with Gasteiger partial charge in [-0.3, -0.25) is 9.78 Å². The van der Waals surface area contributed by atoms with Crippen molar-refractivity contribution in [2.75, 3.05) is 10.6 Å². The summed E-state index contributed by atoms with van der Waals surface area (Å²) in [5.41, 5.74) is 2.91. The second-order valence-electron chi connectivity index (χ2n) is 7.08. The summed E-state index contributed by atoms with van der Waals surface area (Å²) in [5.74, 6) is 5.80. The molecule has 1 amide bonds. The van der Waals surface area contributed by atoms with Crippen LogP contribution < -0.4 is 15.4 Å². The Bertz CT molecular complexity index is 1500. The van der Waals surface area contributed by atoms with Gasteiger partial charge in [-0.15, -0.1) is 12.6 Å². The highest BCUT2D eigenvalue weighted by Gasteiger charge is 2.11. The van der Waals surface area contributed by atoms with Gasteiger partial charge in [0.2, 0.25) is 0 Å². The highest BCUT2D eigenvalue weighted by Crippen LogP contribution is 2.33. The van der Waals surface area contributed by atoms with Crippen molar-refractivity contribution in [1.29, 1.82) is 5.26 Å². The van der Waals surface area contributed by atoms with Crippen LogP contribution in [0.25, 0.3) is 10.9 Å². The number of nitrogens with one attached hydrogen (secondary N) is 2. The van der Waals surface area contributed by atoms with Gasteiger partial charge in [-0.25, -0.2) is 0 Å². The Balaban J connectivity index is 1.62. The molecule has 6 nitrogen and oxygen atoms in total. The van der Waals surface area contributed by atoms with Crippen LogP contribution in [0.5, 0.6) is 11.5 Å². The summed E-state index contributed by atoms with van der Waals surface area (Å²) >= 11 is 10.4. The zero-order valence-electron chi connectivity index (χ0n) is 17.9. The van der Waals surface area contributed by atoms with E-state index in [2.05, 4.69) is 46.2 Å². The smallest absolute Gasteiger partial charge is 0.300 e. The molecule has 0 unspecified atom stereocenters. The van der Waals surface area contributed by atoms with Gasteiger partial charge in [-0.05, 0) is 67.4 Å². The lowest BCUT2D eigenvalue weighted by molar-refractivity contribution is -0.111. The number of ether oxygens (including phenoxy) is 1. The standard InChI is InChI=1S/C26H17ClN4O2S/c1-2-3-25(32)30-18-6-10-23-21(12-18)26(16(14-28)15-29-23)31-17-4-7-19(8-5-17)33-20-9-11-24(34)22(27)13-20/h4-13,15,34H,1H3,(H,29,31)(H,30,32). The van der Waals surface area contributed by atoms with Gasteiger partial charge >= 0.3 is 0 Å². The molecule has 0 saturated carbocycles. The number of hydrogen-bond acceptors (Lipinski definition) is 6. The van der Waals surface area contributed by atoms with Crippen LogP contribution in [0.2, 0.25) is 5.02 Å². The fourth-order valence-corrected chi connectivity index (χ4v) is 3.51. The van der Waals surface area contributed by atoms with E-state index in [-0.39, 0.29) is 0 Å². The summed E-state index contributed by atoms with van der Waals surface area (Å²) in [6.07, 6.45) is 1.51. The number of nitrogens with zero attached hydrogens (tertiary/aromatic N) is 2. The zero-order chi connectivity index (χ0) is 24.1. The molecule has 4 rings (SSSR count). The van der Waals surface area contributed by atoms with E-state index in [0.29, 0.717) is 49.3 Å². The van der Waals surface area contributed by atoms with E-state index in [1.54, 1.807) is 55.5 Å². The van der Waals surface area contributed by atoms with Crippen LogP contribution in [-0.2, 0) is 4.79 Å². The van der Waals surface area contributed by atoms with Gasteiger partial charge in [0.15, 0.2) is 0 Å². The zero-order valence-corrected chi connectivity index (χ0v) is 19.5. The maximum absolute atomic E-state index is 11.9. The number of rotatable bonds is 5. The minimum absolute atomic E-state index is 0.367. The number of thiol groups is 1. The Morgan fingerprint density at radius 1 is 1.06 bits per heavy atom. The maximum atomic E-state index is 11.9. The number of benzene rings is 3. The van der Waals surface area contributed by atoms with Crippen molar-refractivity contribution >= 4 is 58.1 Å². The lowest BCUT2D eigenvalue weighted by Crippen LogP contribution is -2.08. The molecule has 8 heteroatoms. The number of carbonyl (C=O) groups is 1. The molecule has 0 bridgehead atoms. The lowest BCUT2D eigenvalue weighted by atomic mass is 10.1. The topological polar surface area (TPSA) is 87.0 Å². The molecule has 2 N–H and O–H groups in total. The van der Waals surface area contributed by atoms with Gasteiger partial charge < -0.3 is 15.4 Å². The molecule has 0 spiro atoms. The largest absolute Gasteiger partial charge is 0.457 e. The van der Waals surface area contributed by atoms with E-state index in [1.807, 2.05) is 12.1 Å². The molecular weight excluding hydrogens is 468 g/mol. The van der Waals surface area contributed by atoms with E-state index in [9.17, 15) is 10.1 Å². The summed E-state index contributed by atoms with van der Waals surface area (Å²) in [5, 5.41) is 16.8. The van der Waals surface area contributed by atoms with Crippen LogP contribution in [0.1, 0.15) is 12.5 Å². The summed E-state index contributed by atoms with van der Waals surface area (Å²) in [6, 6.07) is 19.9. The van der Waals surface area contributed by atoms with Crippen LogP contribution in [0, 0.1) is 23.2 Å². The van der Waals surface area contributed by atoms with E-state index in [4.69, 9.17) is 16.3 Å². The molecule has 1 aromatic heterocycles. The van der Waals surface area contributed by atoms with Gasteiger partial charge in [0.25, 0.3) is 5.91 Å². The van der Waals surface area contributed by atoms with Crippen molar-refractivity contribution in [2.24, 2.45) is 0 Å². The summed E-state index contributed by atoms with van der Waals surface area (Å²) in [7, 11) is 0. The number of pyridine rings is 1. The molecule has 3 aromatic carbocycles. The van der Waals surface area contributed by atoms with E-state index in [0.717, 1.165) is 5.69 Å². The average molecular weight is 485 g/mol. The van der Waals surface area contributed by atoms with Gasteiger partial charge in [0.05, 0.1) is 21.8 Å². The van der Waals surface area contributed by atoms with Gasteiger partial charge in [-0.1, -0.05) is 17.5 Å². The third kappa shape index (κ3) is 5.24. The highest BCUT2D eigenvalue weighted by molar-refractivity contribution is 7.80. The number of amides is 1. The Labute approximate surface area is 206 Å². The monoisotopic (exact) mass is 484 g/mol. The number of fused-ring (bicyclic) bond motifs is 1. The molecule has 0 saturated heterocycles. The van der Waals surface area contributed by atoms with E-state index in [1.165, 1.54) is 6.20 Å². The molecule has 166 valence electrons. The maximum Gasteiger partial charge on any atom is 0.300 e. The second kappa shape index (κ2) is 10.2. The van der Waals surface area contributed by atoms with Crippen molar-refractivity contribution in [2.45, 2.75) is 11.8 Å². The molecule has 4 aromatic rings. The van der Waals surface area contributed by atoms with Gasteiger partial charge in [0.1, 0.15) is 17.6 Å². The first kappa shape index (κ1) is 23.0. The number of halogens is 1. The Morgan fingerprint density at radius 2 is 1.79 bits per heavy atom. The highest BCUT2D eigenvalue weighted by atomic mass is 35.5. The first-order valence-corrected chi connectivity index (χ1v) is 10.9. The molecular formula is C26H17ClN4O2S. The fourth-order valence-electron chi connectivity index (χ4n) is 3.20. The van der Waals surface area contributed by atoms with Crippen molar-refractivity contribution < 1.29 is 9.53 Å². The van der Waals surface area contributed by atoms with Crippen LogP contribution in [-0.4, -0.2) is 10.9 Å². The van der Waals surface area contributed by atoms with E-state index < -0.39 is 5.91 Å². The Hall–Kier alpha value is -4.17. The molecule has 0 aliphatic heterocycles. The summed E-state index contributed by atoms with van der Waals surface area (Å²) in [4.78, 5) is 16.9. The average Bonchev–Trinajstić information content (AvgIpc) is 2.83. The third-order valence-corrected chi connectivity index (χ3v) is 5.60. The Morgan fingerprint density at radius 3 is 2.50 bits per heavy atom. The SMILES string of the molecule is CC#CC(=O)Nc1ccc2ncc(C#N)c(Nc3ccc(Oc4ccc(S)c(Cl)c4)cc3)c2c1. The molecule has 0 atom stereocenters. The summed E-state index contributed by atoms with van der Waals surface area (Å²) in [6.45, 7) is 1.59. The van der Waals surface area contributed by atoms with Gasteiger partial charge in [0, 0.05) is 33.9 Å². The van der Waals surface area contributed by atoms with Crippen LogP contribution in [0.4, 0.5) is 17.1 Å². The number of carbonyl (C=O) groups excluding carboxylic acids is 1. The van der Waals surface area contributed by atoms with Crippen molar-refractivity contribution in [3.05, 3.63) is 77.4 Å². The third-order valence-electron chi connectivity index (χ3n) is 4.76. The lowest BCUT2D eigenvalue weighted by Gasteiger charge is -2.13. The van der Waals surface area contributed by atoms with Crippen LogP contribution >= 0.6 is 24.2 Å². The fraction of sp³-hybridized carbons (Fsp3) is 0.0385. The number of anilines is 3. The van der Waals surface area contributed by atoms with E-state index >= 15 is 0 Å². The number of aromatic nitrogens is 1. The minimum Gasteiger partial charge on any atom is -0.457 e. The second-order valence-corrected chi connectivity index (χ2v) is 7.97. The first-order valence-electron chi connectivity index (χ1n) is 10.1. The molecule has 1 heterocycles. The number of nitriles is 1. The predicted molar refractivity (Wildman–Crippen MR) is 137 cm³/mol. The normalized spacial score (nSPS) is 10.1. The summed E-state index contributed by atoms with van der Waals surface area (Å²) < 4.78 is 5.85. The quantitative estimate of drug-likeness (QED) is 0.221. The molecule has 0 fully saturated rings. The van der Waals surface area contributed by atoms with Gasteiger partial charge in [-0.2, -0.15) is 5.26 Å².